The molecule has 0 aliphatic heterocycles. The lowest BCUT2D eigenvalue weighted by atomic mass is 10.3. The minimum atomic E-state index is -4.22. The van der Waals surface area contributed by atoms with Crippen LogP contribution in [0.15, 0.2) is 17.0 Å². The third-order valence-corrected chi connectivity index (χ3v) is 4.01. The Morgan fingerprint density at radius 2 is 2.15 bits per heavy atom. The van der Waals surface area contributed by atoms with Crippen molar-refractivity contribution in [1.82, 2.24) is 4.72 Å². The van der Waals surface area contributed by atoms with Crippen molar-refractivity contribution in [2.24, 2.45) is 0 Å². The summed E-state index contributed by atoms with van der Waals surface area (Å²) in [7, 11) is -2.83. The number of benzene rings is 1. The Morgan fingerprint density at radius 3 is 2.60 bits per heavy atom. The summed E-state index contributed by atoms with van der Waals surface area (Å²) in [5, 5.41) is 10.5. The highest BCUT2D eigenvalue weighted by Crippen LogP contribution is 2.27. The molecule has 0 aliphatic rings. The van der Waals surface area contributed by atoms with Gasteiger partial charge in [-0.25, -0.2) is 17.5 Å². The normalized spacial score (nSPS) is 13.2. The van der Waals surface area contributed by atoms with Gasteiger partial charge in [-0.15, -0.1) is 0 Å². The van der Waals surface area contributed by atoms with Crippen LogP contribution in [0.3, 0.4) is 0 Å². The van der Waals surface area contributed by atoms with Crippen LogP contribution in [0.4, 0.5) is 15.8 Å². The Kier molecular flexibility index (Phi) is 4.98. The van der Waals surface area contributed by atoms with E-state index in [1.165, 1.54) is 7.11 Å². The van der Waals surface area contributed by atoms with Crippen LogP contribution in [0.25, 0.3) is 0 Å². The van der Waals surface area contributed by atoms with Gasteiger partial charge in [0.15, 0.2) is 5.82 Å². The molecule has 0 spiro atoms. The smallest absolute Gasteiger partial charge is 0.274 e. The van der Waals surface area contributed by atoms with E-state index in [9.17, 15) is 22.9 Å². The highest BCUT2D eigenvalue weighted by molar-refractivity contribution is 7.89. The van der Waals surface area contributed by atoms with Crippen molar-refractivity contribution in [3.8, 4) is 0 Å². The van der Waals surface area contributed by atoms with Crippen LogP contribution in [-0.2, 0) is 14.8 Å². The molecule has 0 fully saturated rings. The van der Waals surface area contributed by atoms with Gasteiger partial charge in [0.1, 0.15) is 4.90 Å². The summed E-state index contributed by atoms with van der Waals surface area (Å²) in [6.45, 7) is 1.52. The summed E-state index contributed by atoms with van der Waals surface area (Å²) in [4.78, 5) is 8.84. The van der Waals surface area contributed by atoms with Gasteiger partial charge in [0.2, 0.25) is 10.0 Å². The van der Waals surface area contributed by atoms with E-state index in [1.807, 2.05) is 0 Å². The van der Waals surface area contributed by atoms with Crippen LogP contribution >= 0.6 is 0 Å². The first-order valence-corrected chi connectivity index (χ1v) is 6.93. The number of methoxy groups -OCH3 is 1. The lowest BCUT2D eigenvalue weighted by Crippen LogP contribution is -2.32. The summed E-state index contributed by atoms with van der Waals surface area (Å²) in [6.07, 6.45) is -0.424. The van der Waals surface area contributed by atoms with Crippen molar-refractivity contribution in [1.29, 1.82) is 0 Å². The van der Waals surface area contributed by atoms with Gasteiger partial charge in [0.25, 0.3) is 5.69 Å². The molecule has 10 heteroatoms. The van der Waals surface area contributed by atoms with E-state index in [4.69, 9.17) is 10.5 Å². The van der Waals surface area contributed by atoms with Gasteiger partial charge in [-0.1, -0.05) is 0 Å². The van der Waals surface area contributed by atoms with Crippen LogP contribution in [0, 0.1) is 15.9 Å². The number of non-ortho nitro benzene ring substituents is 1. The minimum absolute atomic E-state index is 0.0886. The van der Waals surface area contributed by atoms with Crippen molar-refractivity contribution in [3.63, 3.8) is 0 Å². The predicted molar refractivity (Wildman–Crippen MR) is 69.1 cm³/mol. The fourth-order valence-electron chi connectivity index (χ4n) is 1.37. The molecule has 0 aliphatic carbocycles. The summed E-state index contributed by atoms with van der Waals surface area (Å²) in [5.41, 5.74) is 4.24. The molecule has 20 heavy (non-hydrogen) atoms. The maximum atomic E-state index is 13.7. The molecular formula is C10H14FN3O5S. The van der Waals surface area contributed by atoms with E-state index >= 15 is 0 Å². The molecule has 3 N–H and O–H groups in total. The predicted octanol–water partition coefficient (Wildman–Crippen LogP) is 0.629. The van der Waals surface area contributed by atoms with E-state index in [2.05, 4.69) is 4.72 Å². The Hall–Kier alpha value is -1.78. The molecule has 0 radical (unpaired) electrons. The summed E-state index contributed by atoms with van der Waals surface area (Å²) in [5.74, 6) is -1.28. The largest absolute Gasteiger partial charge is 0.397 e. The Balaban J connectivity index is 3.16. The van der Waals surface area contributed by atoms with Gasteiger partial charge in [-0.3, -0.25) is 10.1 Å². The van der Waals surface area contributed by atoms with Crippen LogP contribution in [0.1, 0.15) is 6.92 Å². The third-order valence-electron chi connectivity index (χ3n) is 2.50. The number of nitrogens with one attached hydrogen (secondary N) is 1. The summed E-state index contributed by atoms with van der Waals surface area (Å²) in [6, 6.07) is 1.29. The molecule has 1 aromatic rings. The van der Waals surface area contributed by atoms with Crippen molar-refractivity contribution >= 4 is 21.4 Å². The fourth-order valence-corrected chi connectivity index (χ4v) is 2.65. The number of nitrogens with zero attached hydrogens (tertiary/aromatic N) is 1. The van der Waals surface area contributed by atoms with Gasteiger partial charge < -0.3 is 10.5 Å². The Labute approximate surface area is 114 Å². The van der Waals surface area contributed by atoms with E-state index < -0.39 is 43.1 Å². The van der Waals surface area contributed by atoms with E-state index in [0.717, 1.165) is 6.07 Å². The fraction of sp³-hybridized carbons (Fsp3) is 0.400. The van der Waals surface area contributed by atoms with Crippen molar-refractivity contribution < 1.29 is 22.5 Å². The van der Waals surface area contributed by atoms with E-state index in [0.29, 0.717) is 6.07 Å². The molecule has 1 unspecified atom stereocenters. The first kappa shape index (κ1) is 16.3. The molecule has 0 bridgehead atoms. The zero-order chi connectivity index (χ0) is 15.5. The zero-order valence-corrected chi connectivity index (χ0v) is 11.6. The molecule has 1 rings (SSSR count). The maximum absolute atomic E-state index is 13.7. The molecule has 1 aromatic carbocycles. The number of sulfonamides is 1. The summed E-state index contributed by atoms with van der Waals surface area (Å²) < 4.78 is 44.5. The molecule has 112 valence electrons. The standard InChI is InChI=1S/C10H14FN3O5S/c1-6(19-2)5-13-20(17,18)10-8(11)3-7(14(15)16)4-9(10)12/h3-4,6,13H,5,12H2,1-2H3. The van der Waals surface area contributed by atoms with Crippen LogP contribution < -0.4 is 10.5 Å². The molecular weight excluding hydrogens is 293 g/mol. The third kappa shape index (κ3) is 3.62. The van der Waals surface area contributed by atoms with Gasteiger partial charge in [0, 0.05) is 19.7 Å². The average molecular weight is 307 g/mol. The maximum Gasteiger partial charge on any atom is 0.274 e. The molecule has 0 saturated carbocycles. The van der Waals surface area contributed by atoms with Crippen molar-refractivity contribution in [3.05, 3.63) is 28.1 Å². The molecule has 0 aromatic heterocycles. The van der Waals surface area contributed by atoms with E-state index in [-0.39, 0.29) is 6.54 Å². The van der Waals surface area contributed by atoms with Crippen molar-refractivity contribution in [2.45, 2.75) is 17.9 Å². The number of nitrogen functional groups attached to an aromatic ring is 1. The number of nitro benzene ring substituents is 1. The quantitative estimate of drug-likeness (QED) is 0.451. The first-order chi connectivity index (χ1) is 9.19. The average Bonchev–Trinajstić information content (AvgIpc) is 2.34. The second-order valence-corrected chi connectivity index (χ2v) is 5.71. The van der Waals surface area contributed by atoms with Crippen LogP contribution in [0.5, 0.6) is 0 Å². The minimum Gasteiger partial charge on any atom is -0.397 e. The number of ether oxygens (including phenoxy) is 1. The summed E-state index contributed by atoms with van der Waals surface area (Å²) >= 11 is 0. The lowest BCUT2D eigenvalue weighted by molar-refractivity contribution is -0.385. The van der Waals surface area contributed by atoms with Gasteiger partial charge >= 0.3 is 0 Å². The monoisotopic (exact) mass is 307 g/mol. The molecule has 0 heterocycles. The highest BCUT2D eigenvalue weighted by atomic mass is 32.2. The molecule has 8 nitrogen and oxygen atoms in total. The topological polar surface area (TPSA) is 125 Å². The van der Waals surface area contributed by atoms with Gasteiger partial charge in [-0.2, -0.15) is 0 Å². The second kappa shape index (κ2) is 6.11. The molecule has 0 amide bonds. The Morgan fingerprint density at radius 1 is 1.55 bits per heavy atom. The lowest BCUT2D eigenvalue weighted by Gasteiger charge is -2.13. The van der Waals surface area contributed by atoms with E-state index in [1.54, 1.807) is 6.92 Å². The number of anilines is 1. The number of hydrogen-bond acceptors (Lipinski definition) is 6. The van der Waals surface area contributed by atoms with Crippen LogP contribution in [0.2, 0.25) is 0 Å². The number of nitro groups is 1. The number of rotatable bonds is 6. The number of halogens is 1. The molecule has 1 atom stereocenters. The first-order valence-electron chi connectivity index (χ1n) is 5.45. The van der Waals surface area contributed by atoms with Crippen molar-refractivity contribution in [2.75, 3.05) is 19.4 Å². The van der Waals surface area contributed by atoms with Gasteiger partial charge in [0.05, 0.1) is 22.8 Å². The number of nitrogens with two attached hydrogens (primary N) is 1. The SMILES string of the molecule is COC(C)CNS(=O)(=O)c1c(N)cc([N+](=O)[O-])cc1F. The highest BCUT2D eigenvalue weighted by Gasteiger charge is 2.26. The molecule has 0 saturated heterocycles. The van der Waals surface area contributed by atoms with Crippen LogP contribution in [-0.4, -0.2) is 33.1 Å². The van der Waals surface area contributed by atoms with Gasteiger partial charge in [-0.05, 0) is 6.92 Å². The second-order valence-electron chi connectivity index (χ2n) is 4.00. The Bertz CT molecular complexity index is 596. The zero-order valence-electron chi connectivity index (χ0n) is 10.8. The number of hydrogen-bond donors (Lipinski definition) is 2.